The average Bonchev–Trinajstić information content (AvgIpc) is 2.20. The van der Waals surface area contributed by atoms with E-state index in [0.717, 1.165) is 12.1 Å². The Morgan fingerprint density at radius 2 is 2.00 bits per heavy atom. The lowest BCUT2D eigenvalue weighted by molar-refractivity contribution is 0.578. The summed E-state index contributed by atoms with van der Waals surface area (Å²) < 4.78 is 26.4. The third-order valence-electron chi connectivity index (χ3n) is 1.68. The fourth-order valence-electron chi connectivity index (χ4n) is 1.01. The molecule has 0 aliphatic rings. The van der Waals surface area contributed by atoms with Crippen molar-refractivity contribution < 1.29 is 8.78 Å². The van der Waals surface area contributed by atoms with Gasteiger partial charge in [0.25, 0.3) is 0 Å². The van der Waals surface area contributed by atoms with Crippen LogP contribution in [0.5, 0.6) is 0 Å². The quantitative estimate of drug-likeness (QED) is 0.205. The van der Waals surface area contributed by atoms with Crippen molar-refractivity contribution in [2.75, 3.05) is 12.3 Å². The van der Waals surface area contributed by atoms with Gasteiger partial charge in [0, 0.05) is 23.6 Å². The molecule has 0 atom stereocenters. The van der Waals surface area contributed by atoms with Crippen LogP contribution >= 0.6 is 0 Å². The van der Waals surface area contributed by atoms with Crippen molar-refractivity contribution in [1.82, 2.24) is 0 Å². The molecule has 1 aromatic carbocycles. The van der Waals surface area contributed by atoms with Gasteiger partial charge in [-0.25, -0.2) is 8.78 Å². The molecule has 0 aromatic heterocycles. The van der Waals surface area contributed by atoms with Crippen molar-refractivity contribution in [2.45, 2.75) is 6.42 Å². The van der Waals surface area contributed by atoms with Crippen LogP contribution in [-0.4, -0.2) is 6.54 Å². The van der Waals surface area contributed by atoms with Gasteiger partial charge >= 0.3 is 0 Å². The first-order valence-electron chi connectivity index (χ1n) is 4.39. The highest BCUT2D eigenvalue weighted by molar-refractivity contribution is 5.47. The van der Waals surface area contributed by atoms with Crippen molar-refractivity contribution in [3.8, 4) is 11.8 Å². The van der Waals surface area contributed by atoms with Crippen molar-refractivity contribution in [2.24, 2.45) is 5.11 Å². The number of hydrogen-bond acceptors (Lipinski definition) is 2. The SMILES string of the molecule is [N-]=[N+]=NCCC#Cc1c(F)cc(N)cc1F. The molecule has 0 amide bonds. The molecule has 0 aliphatic heterocycles. The number of nitrogen functional groups attached to an aromatic ring is 1. The van der Waals surface area contributed by atoms with E-state index in [2.05, 4.69) is 21.9 Å². The summed E-state index contributed by atoms with van der Waals surface area (Å²) in [5, 5.41) is 3.23. The number of nitrogens with two attached hydrogens (primary N) is 1. The Hall–Kier alpha value is -2.25. The van der Waals surface area contributed by atoms with E-state index in [1.807, 2.05) is 0 Å². The molecule has 0 saturated heterocycles. The van der Waals surface area contributed by atoms with Gasteiger partial charge in [-0.3, -0.25) is 0 Å². The van der Waals surface area contributed by atoms with Gasteiger partial charge in [0.15, 0.2) is 0 Å². The van der Waals surface area contributed by atoms with Gasteiger partial charge in [-0.05, 0) is 17.7 Å². The monoisotopic (exact) mass is 222 g/mol. The van der Waals surface area contributed by atoms with Crippen molar-refractivity contribution in [3.05, 3.63) is 39.8 Å². The molecule has 0 aliphatic carbocycles. The molecule has 0 radical (unpaired) electrons. The Morgan fingerprint density at radius 3 is 2.56 bits per heavy atom. The summed E-state index contributed by atoms with van der Waals surface area (Å²) in [4.78, 5) is 2.52. The van der Waals surface area contributed by atoms with E-state index in [1.165, 1.54) is 0 Å². The maximum Gasteiger partial charge on any atom is 0.143 e. The van der Waals surface area contributed by atoms with Crippen molar-refractivity contribution >= 4 is 5.69 Å². The standard InChI is InChI=1S/C10H8F2N4/c11-9-5-7(13)6-10(12)8(9)3-1-2-4-15-16-14/h5-6H,2,4,13H2. The third kappa shape index (κ3) is 3.15. The van der Waals surface area contributed by atoms with E-state index in [-0.39, 0.29) is 24.2 Å². The molecule has 16 heavy (non-hydrogen) atoms. The summed E-state index contributed by atoms with van der Waals surface area (Å²) in [6.45, 7) is 0.168. The lowest BCUT2D eigenvalue weighted by Gasteiger charge is -1.98. The molecule has 82 valence electrons. The number of halogens is 2. The fraction of sp³-hybridized carbons (Fsp3) is 0.200. The number of azide groups is 1. The zero-order valence-electron chi connectivity index (χ0n) is 8.24. The van der Waals surface area contributed by atoms with Crippen molar-refractivity contribution in [3.63, 3.8) is 0 Å². The average molecular weight is 222 g/mol. The minimum absolute atomic E-state index is 0.00892. The Balaban J connectivity index is 2.84. The topological polar surface area (TPSA) is 74.8 Å². The van der Waals surface area contributed by atoms with Crippen molar-refractivity contribution in [1.29, 1.82) is 0 Å². The van der Waals surface area contributed by atoms with Crippen LogP contribution in [0.15, 0.2) is 17.2 Å². The van der Waals surface area contributed by atoms with Gasteiger partial charge in [0.1, 0.15) is 11.6 Å². The number of benzene rings is 1. The van der Waals surface area contributed by atoms with Crippen LogP contribution in [0.1, 0.15) is 12.0 Å². The highest BCUT2D eigenvalue weighted by atomic mass is 19.1. The predicted octanol–water partition coefficient (Wildman–Crippen LogP) is 2.60. The van der Waals surface area contributed by atoms with E-state index < -0.39 is 11.6 Å². The van der Waals surface area contributed by atoms with Gasteiger partial charge in [-0.1, -0.05) is 17.0 Å². The van der Waals surface area contributed by atoms with E-state index in [0.29, 0.717) is 0 Å². The van der Waals surface area contributed by atoms with E-state index >= 15 is 0 Å². The normalized spacial score (nSPS) is 8.88. The predicted molar refractivity (Wildman–Crippen MR) is 56.3 cm³/mol. The van der Waals surface area contributed by atoms with E-state index in [9.17, 15) is 8.78 Å². The van der Waals surface area contributed by atoms with Gasteiger partial charge < -0.3 is 5.73 Å². The molecule has 0 heterocycles. The smallest absolute Gasteiger partial charge is 0.143 e. The first-order chi connectivity index (χ1) is 7.65. The lowest BCUT2D eigenvalue weighted by Crippen LogP contribution is -1.94. The van der Waals surface area contributed by atoms with Crippen LogP contribution < -0.4 is 5.73 Å². The van der Waals surface area contributed by atoms with Crippen LogP contribution in [0.25, 0.3) is 10.4 Å². The molecule has 4 nitrogen and oxygen atoms in total. The van der Waals surface area contributed by atoms with E-state index in [1.54, 1.807) is 0 Å². The maximum absolute atomic E-state index is 13.2. The second kappa shape index (κ2) is 5.59. The molecule has 0 saturated carbocycles. The Morgan fingerprint density at radius 1 is 1.38 bits per heavy atom. The number of anilines is 1. The first kappa shape index (κ1) is 11.8. The van der Waals surface area contributed by atoms with Gasteiger partial charge in [0.05, 0.1) is 5.56 Å². The number of hydrogen-bond donors (Lipinski definition) is 1. The Bertz CT molecular complexity index is 472. The second-order valence-corrected chi connectivity index (χ2v) is 2.87. The van der Waals surface area contributed by atoms with Gasteiger partial charge in [-0.15, -0.1) is 0 Å². The number of nitrogens with zero attached hydrogens (tertiary/aromatic N) is 3. The van der Waals surface area contributed by atoms with Crippen LogP contribution in [0.4, 0.5) is 14.5 Å². The third-order valence-corrected chi connectivity index (χ3v) is 1.68. The molecular formula is C10H8F2N4. The molecular weight excluding hydrogens is 214 g/mol. The summed E-state index contributed by atoms with van der Waals surface area (Å²) in [6.07, 6.45) is 0.243. The molecule has 6 heteroatoms. The molecule has 2 N–H and O–H groups in total. The second-order valence-electron chi connectivity index (χ2n) is 2.87. The molecule has 0 spiro atoms. The highest BCUT2D eigenvalue weighted by Gasteiger charge is 2.06. The maximum atomic E-state index is 13.2. The lowest BCUT2D eigenvalue weighted by atomic mass is 10.2. The minimum Gasteiger partial charge on any atom is -0.399 e. The van der Waals surface area contributed by atoms with Gasteiger partial charge in [0.2, 0.25) is 0 Å². The number of rotatable bonds is 2. The van der Waals surface area contributed by atoms with Gasteiger partial charge in [-0.2, -0.15) is 0 Å². The zero-order chi connectivity index (χ0) is 12.0. The largest absolute Gasteiger partial charge is 0.399 e. The molecule has 0 fully saturated rings. The Labute approximate surface area is 90.7 Å². The summed E-state index contributed by atoms with van der Waals surface area (Å²) in [5.41, 5.74) is 12.9. The van der Waals surface area contributed by atoms with Crippen LogP contribution in [0, 0.1) is 23.5 Å². The van der Waals surface area contributed by atoms with Crippen LogP contribution in [-0.2, 0) is 0 Å². The molecule has 1 aromatic rings. The summed E-state index contributed by atoms with van der Waals surface area (Å²) in [6, 6.07) is 2.00. The minimum atomic E-state index is -0.797. The summed E-state index contributed by atoms with van der Waals surface area (Å²) >= 11 is 0. The van der Waals surface area contributed by atoms with Crippen LogP contribution in [0.2, 0.25) is 0 Å². The van der Waals surface area contributed by atoms with Crippen LogP contribution in [0.3, 0.4) is 0 Å². The highest BCUT2D eigenvalue weighted by Crippen LogP contribution is 2.15. The summed E-state index contributed by atoms with van der Waals surface area (Å²) in [5.74, 6) is 3.24. The molecule has 1 rings (SSSR count). The first-order valence-corrected chi connectivity index (χ1v) is 4.39. The summed E-state index contributed by atoms with van der Waals surface area (Å²) in [7, 11) is 0. The Kier molecular flexibility index (Phi) is 4.13. The molecule has 0 bridgehead atoms. The zero-order valence-corrected chi connectivity index (χ0v) is 8.24. The van der Waals surface area contributed by atoms with E-state index in [4.69, 9.17) is 11.3 Å². The molecule has 0 unspecified atom stereocenters. The fourth-order valence-corrected chi connectivity index (χ4v) is 1.01.